The van der Waals surface area contributed by atoms with Crippen molar-refractivity contribution in [2.45, 2.75) is 13.8 Å². The van der Waals surface area contributed by atoms with Crippen LogP contribution in [-0.4, -0.2) is 63.2 Å². The Morgan fingerprint density at radius 2 is 1.85 bits per heavy atom. The number of furan rings is 1. The largest absolute Gasteiger partial charge is 0.461 e. The number of rotatable bonds is 4. The van der Waals surface area contributed by atoms with Gasteiger partial charge in [-0.3, -0.25) is 4.79 Å². The summed E-state index contributed by atoms with van der Waals surface area (Å²) in [5.41, 5.74) is 2.00. The summed E-state index contributed by atoms with van der Waals surface area (Å²) in [7, 11) is 0. The number of likely N-dealkylation sites (N-methyl/N-ethyl adjacent to an activating group) is 1. The summed E-state index contributed by atoms with van der Waals surface area (Å²) in [4.78, 5) is 21.6. The molecule has 4 rings (SSSR count). The molecule has 2 aromatic heterocycles. The van der Waals surface area contributed by atoms with Crippen LogP contribution in [0.15, 0.2) is 47.1 Å². The molecule has 1 fully saturated rings. The van der Waals surface area contributed by atoms with E-state index in [4.69, 9.17) is 4.42 Å². The Morgan fingerprint density at radius 3 is 2.48 bits per heavy atom. The summed E-state index contributed by atoms with van der Waals surface area (Å²) in [6.07, 6.45) is 1.59. The third-order valence-electron chi connectivity index (χ3n) is 4.93. The number of hydrogen-bond donors (Lipinski definition) is 0. The first-order chi connectivity index (χ1) is 13.2. The number of aromatic nitrogens is 3. The molecule has 0 aliphatic carbocycles. The standard InChI is InChI=1S/C20H23N5O2/c1-3-23-10-12-24(13-11-23)20(26)18-21-19(17-5-4-14-27-17)25(22-18)16-8-6-15(2)7-9-16/h4-9,14H,3,10-13H2,1-2H3. The topological polar surface area (TPSA) is 67.4 Å². The predicted molar refractivity (Wildman–Crippen MR) is 102 cm³/mol. The molecule has 3 aromatic rings. The van der Waals surface area contributed by atoms with Crippen molar-refractivity contribution in [2.24, 2.45) is 0 Å². The third-order valence-corrected chi connectivity index (χ3v) is 4.93. The van der Waals surface area contributed by atoms with Gasteiger partial charge in [0.2, 0.25) is 5.82 Å². The molecule has 0 N–H and O–H groups in total. The number of carbonyl (C=O) groups excluding carboxylic acids is 1. The zero-order valence-corrected chi connectivity index (χ0v) is 15.6. The average Bonchev–Trinajstić information content (AvgIpc) is 3.38. The van der Waals surface area contributed by atoms with Crippen LogP contribution < -0.4 is 0 Å². The van der Waals surface area contributed by atoms with Crippen LogP contribution in [0.4, 0.5) is 0 Å². The molecular formula is C20H23N5O2. The van der Waals surface area contributed by atoms with E-state index in [1.165, 1.54) is 0 Å². The zero-order valence-electron chi connectivity index (χ0n) is 15.6. The van der Waals surface area contributed by atoms with Crippen LogP contribution >= 0.6 is 0 Å². The molecule has 0 spiro atoms. The molecule has 3 heterocycles. The van der Waals surface area contributed by atoms with Crippen LogP contribution in [0.1, 0.15) is 23.1 Å². The van der Waals surface area contributed by atoms with Crippen LogP contribution in [0.5, 0.6) is 0 Å². The molecule has 1 aromatic carbocycles. The van der Waals surface area contributed by atoms with Gasteiger partial charge in [0, 0.05) is 26.2 Å². The fourth-order valence-corrected chi connectivity index (χ4v) is 3.24. The third kappa shape index (κ3) is 3.50. The van der Waals surface area contributed by atoms with Crippen molar-refractivity contribution in [3.05, 3.63) is 54.0 Å². The maximum absolute atomic E-state index is 13.0. The first kappa shape index (κ1) is 17.5. The summed E-state index contributed by atoms with van der Waals surface area (Å²) in [5, 5.41) is 4.52. The molecule has 7 heteroatoms. The van der Waals surface area contributed by atoms with Crippen molar-refractivity contribution in [3.8, 4) is 17.3 Å². The number of nitrogens with zero attached hydrogens (tertiary/aromatic N) is 5. The molecule has 0 unspecified atom stereocenters. The molecule has 1 aliphatic rings. The van der Waals surface area contributed by atoms with Gasteiger partial charge >= 0.3 is 0 Å². The highest BCUT2D eigenvalue weighted by Gasteiger charge is 2.26. The molecule has 140 valence electrons. The van der Waals surface area contributed by atoms with Gasteiger partial charge < -0.3 is 14.2 Å². The number of amides is 1. The highest BCUT2D eigenvalue weighted by Crippen LogP contribution is 2.22. The van der Waals surface area contributed by atoms with E-state index in [1.54, 1.807) is 17.0 Å². The quantitative estimate of drug-likeness (QED) is 0.711. The van der Waals surface area contributed by atoms with Crippen molar-refractivity contribution in [2.75, 3.05) is 32.7 Å². The second-order valence-electron chi connectivity index (χ2n) is 6.71. The van der Waals surface area contributed by atoms with E-state index >= 15 is 0 Å². The zero-order chi connectivity index (χ0) is 18.8. The molecule has 1 aliphatic heterocycles. The number of benzene rings is 1. The lowest BCUT2D eigenvalue weighted by Gasteiger charge is -2.33. The molecule has 0 radical (unpaired) electrons. The van der Waals surface area contributed by atoms with Gasteiger partial charge in [-0.1, -0.05) is 24.6 Å². The fraction of sp³-hybridized carbons (Fsp3) is 0.350. The Morgan fingerprint density at radius 1 is 1.11 bits per heavy atom. The molecule has 1 amide bonds. The Labute approximate surface area is 158 Å². The SMILES string of the molecule is CCN1CCN(C(=O)c2nc(-c3ccco3)n(-c3ccc(C)cc3)n2)CC1. The van der Waals surface area contributed by atoms with Gasteiger partial charge in [-0.05, 0) is 37.7 Å². The Hall–Kier alpha value is -2.93. The van der Waals surface area contributed by atoms with Crippen LogP contribution in [0.2, 0.25) is 0 Å². The fourth-order valence-electron chi connectivity index (χ4n) is 3.24. The summed E-state index contributed by atoms with van der Waals surface area (Å²) in [5.74, 6) is 1.17. The average molecular weight is 365 g/mol. The second-order valence-corrected chi connectivity index (χ2v) is 6.71. The van der Waals surface area contributed by atoms with Crippen molar-refractivity contribution >= 4 is 5.91 Å². The molecule has 27 heavy (non-hydrogen) atoms. The lowest BCUT2D eigenvalue weighted by atomic mass is 10.2. The number of piperazine rings is 1. The number of carbonyl (C=O) groups is 1. The van der Waals surface area contributed by atoms with E-state index in [0.29, 0.717) is 24.7 Å². The second kappa shape index (κ2) is 7.36. The molecular weight excluding hydrogens is 342 g/mol. The number of hydrogen-bond acceptors (Lipinski definition) is 5. The molecule has 0 saturated carbocycles. The summed E-state index contributed by atoms with van der Waals surface area (Å²) < 4.78 is 7.19. The van der Waals surface area contributed by atoms with Crippen molar-refractivity contribution in [1.29, 1.82) is 0 Å². The minimum absolute atomic E-state index is 0.135. The van der Waals surface area contributed by atoms with E-state index in [2.05, 4.69) is 21.9 Å². The minimum atomic E-state index is -0.135. The van der Waals surface area contributed by atoms with E-state index in [-0.39, 0.29) is 11.7 Å². The lowest BCUT2D eigenvalue weighted by Crippen LogP contribution is -2.48. The minimum Gasteiger partial charge on any atom is -0.461 e. The van der Waals surface area contributed by atoms with Crippen LogP contribution in [0.25, 0.3) is 17.3 Å². The van der Waals surface area contributed by atoms with Gasteiger partial charge in [0.15, 0.2) is 11.6 Å². The lowest BCUT2D eigenvalue weighted by molar-refractivity contribution is 0.0631. The van der Waals surface area contributed by atoms with Crippen molar-refractivity contribution < 1.29 is 9.21 Å². The smallest absolute Gasteiger partial charge is 0.293 e. The van der Waals surface area contributed by atoms with E-state index in [9.17, 15) is 4.79 Å². The van der Waals surface area contributed by atoms with Gasteiger partial charge in [0.25, 0.3) is 5.91 Å². The van der Waals surface area contributed by atoms with E-state index < -0.39 is 0 Å². The number of aryl methyl sites for hydroxylation is 1. The molecule has 1 saturated heterocycles. The van der Waals surface area contributed by atoms with Crippen LogP contribution in [0, 0.1) is 6.92 Å². The highest BCUT2D eigenvalue weighted by molar-refractivity contribution is 5.91. The Balaban J connectivity index is 1.67. The first-order valence-corrected chi connectivity index (χ1v) is 9.25. The normalized spacial score (nSPS) is 15.3. The van der Waals surface area contributed by atoms with E-state index in [0.717, 1.165) is 30.9 Å². The summed E-state index contributed by atoms with van der Waals surface area (Å²) >= 11 is 0. The molecule has 0 bridgehead atoms. The maximum Gasteiger partial charge on any atom is 0.293 e. The van der Waals surface area contributed by atoms with Gasteiger partial charge in [-0.2, -0.15) is 4.98 Å². The Bertz CT molecular complexity index is 907. The summed E-state index contributed by atoms with van der Waals surface area (Å²) in [6.45, 7) is 8.33. The van der Waals surface area contributed by atoms with Gasteiger partial charge in [-0.15, -0.1) is 5.10 Å². The Kier molecular flexibility index (Phi) is 4.77. The molecule has 0 atom stereocenters. The van der Waals surface area contributed by atoms with E-state index in [1.807, 2.05) is 42.2 Å². The van der Waals surface area contributed by atoms with Crippen LogP contribution in [0.3, 0.4) is 0 Å². The molecule has 7 nitrogen and oxygen atoms in total. The maximum atomic E-state index is 13.0. The van der Waals surface area contributed by atoms with Crippen molar-refractivity contribution in [3.63, 3.8) is 0 Å². The van der Waals surface area contributed by atoms with Gasteiger partial charge in [0.1, 0.15) is 0 Å². The monoisotopic (exact) mass is 365 g/mol. The highest BCUT2D eigenvalue weighted by atomic mass is 16.3. The van der Waals surface area contributed by atoms with Gasteiger partial charge in [0.05, 0.1) is 12.0 Å². The van der Waals surface area contributed by atoms with Gasteiger partial charge in [-0.25, -0.2) is 4.68 Å². The summed E-state index contributed by atoms with van der Waals surface area (Å²) in [6, 6.07) is 11.6. The first-order valence-electron chi connectivity index (χ1n) is 9.25. The van der Waals surface area contributed by atoms with Crippen LogP contribution in [-0.2, 0) is 0 Å². The predicted octanol–water partition coefficient (Wildman–Crippen LogP) is 2.61. The van der Waals surface area contributed by atoms with Crippen molar-refractivity contribution in [1.82, 2.24) is 24.6 Å².